The van der Waals surface area contributed by atoms with Crippen molar-refractivity contribution in [2.45, 2.75) is 24.4 Å². The van der Waals surface area contributed by atoms with Gasteiger partial charge in [0.1, 0.15) is 0 Å². The molecule has 1 heterocycles. The third-order valence-corrected chi connectivity index (χ3v) is 5.28. The Balaban J connectivity index is 1.64. The number of hydrogen-bond donors (Lipinski definition) is 1. The molecule has 1 aliphatic carbocycles. The summed E-state index contributed by atoms with van der Waals surface area (Å²) in [6.45, 7) is 0.262. The number of hydrogen-bond acceptors (Lipinski definition) is 4. The van der Waals surface area contributed by atoms with Gasteiger partial charge in [0, 0.05) is 17.5 Å². The van der Waals surface area contributed by atoms with Gasteiger partial charge in [-0.05, 0) is 50.3 Å². The van der Waals surface area contributed by atoms with Crippen molar-refractivity contribution < 1.29 is 14.3 Å². The summed E-state index contributed by atoms with van der Waals surface area (Å²) >= 11 is 0. The molecule has 1 aliphatic heterocycles. The van der Waals surface area contributed by atoms with Gasteiger partial charge in [-0.1, -0.05) is 36.4 Å². The third-order valence-electron chi connectivity index (χ3n) is 5.28. The van der Waals surface area contributed by atoms with Crippen molar-refractivity contribution in [1.29, 1.82) is 0 Å². The molecule has 0 radical (unpaired) electrons. The van der Waals surface area contributed by atoms with Crippen LogP contribution in [0, 0.1) is 0 Å². The van der Waals surface area contributed by atoms with E-state index in [9.17, 15) is 4.79 Å². The number of carbonyl (C=O) groups excluding carboxylic acids is 1. The lowest BCUT2D eigenvalue weighted by Gasteiger charge is -2.39. The Kier molecular flexibility index (Phi) is 4.86. The van der Waals surface area contributed by atoms with Crippen molar-refractivity contribution in [3.05, 3.63) is 71.8 Å². The predicted molar refractivity (Wildman–Crippen MR) is 104 cm³/mol. The number of nitrogens with zero attached hydrogens (tertiary/aromatic N) is 1. The zero-order chi connectivity index (χ0) is 18.8. The van der Waals surface area contributed by atoms with E-state index in [4.69, 9.17) is 9.47 Å². The van der Waals surface area contributed by atoms with Crippen LogP contribution in [0.5, 0.6) is 11.5 Å². The molecule has 0 saturated heterocycles. The Labute approximate surface area is 159 Å². The molecular formula is C22H24N2O3. The highest BCUT2D eigenvalue weighted by Gasteiger charge is 2.34. The maximum absolute atomic E-state index is 12.8. The van der Waals surface area contributed by atoms with E-state index >= 15 is 0 Å². The number of amides is 1. The molecule has 1 amide bonds. The van der Waals surface area contributed by atoms with Crippen molar-refractivity contribution >= 4 is 5.91 Å². The van der Waals surface area contributed by atoms with Gasteiger partial charge in [-0.3, -0.25) is 4.79 Å². The summed E-state index contributed by atoms with van der Waals surface area (Å²) in [7, 11) is 4.08. The second-order valence-corrected chi connectivity index (χ2v) is 7.20. The van der Waals surface area contributed by atoms with Crippen LogP contribution in [0.1, 0.15) is 28.3 Å². The molecule has 0 aromatic heterocycles. The first-order chi connectivity index (χ1) is 13.1. The van der Waals surface area contributed by atoms with Gasteiger partial charge in [0.25, 0.3) is 5.91 Å². The molecule has 5 heteroatoms. The summed E-state index contributed by atoms with van der Waals surface area (Å²) < 4.78 is 11.0. The summed E-state index contributed by atoms with van der Waals surface area (Å²) in [6, 6.07) is 15.5. The molecule has 0 spiro atoms. The van der Waals surface area contributed by atoms with E-state index in [2.05, 4.69) is 28.4 Å². The largest absolute Gasteiger partial charge is 0.454 e. The first-order valence-corrected chi connectivity index (χ1v) is 9.22. The summed E-state index contributed by atoms with van der Waals surface area (Å²) in [5.74, 6) is 1.66. The van der Waals surface area contributed by atoms with Crippen LogP contribution >= 0.6 is 0 Å². The Morgan fingerprint density at radius 2 is 1.85 bits per heavy atom. The van der Waals surface area contributed by atoms with Crippen LogP contribution in [-0.4, -0.2) is 43.8 Å². The summed E-state index contributed by atoms with van der Waals surface area (Å²) in [5, 5.41) is 3.28. The number of rotatable bonds is 4. The van der Waals surface area contributed by atoms with E-state index < -0.39 is 0 Å². The van der Waals surface area contributed by atoms with Crippen LogP contribution in [0.2, 0.25) is 0 Å². The molecule has 5 nitrogen and oxygen atoms in total. The number of benzene rings is 2. The van der Waals surface area contributed by atoms with Crippen molar-refractivity contribution in [1.82, 2.24) is 10.2 Å². The average molecular weight is 364 g/mol. The van der Waals surface area contributed by atoms with E-state index in [-0.39, 0.29) is 30.7 Å². The van der Waals surface area contributed by atoms with Crippen molar-refractivity contribution in [3.63, 3.8) is 0 Å². The van der Waals surface area contributed by atoms with Gasteiger partial charge in [-0.25, -0.2) is 0 Å². The third kappa shape index (κ3) is 3.55. The van der Waals surface area contributed by atoms with Crippen LogP contribution in [0.3, 0.4) is 0 Å². The molecule has 0 bridgehead atoms. The summed E-state index contributed by atoms with van der Waals surface area (Å²) in [4.78, 5) is 15.0. The van der Waals surface area contributed by atoms with Crippen molar-refractivity contribution in [2.75, 3.05) is 20.9 Å². The maximum Gasteiger partial charge on any atom is 0.251 e. The van der Waals surface area contributed by atoms with E-state index in [1.807, 2.05) is 56.6 Å². The normalized spacial score (nSPS) is 23.4. The Hall–Kier alpha value is -2.79. The average Bonchev–Trinajstić information content (AvgIpc) is 3.16. The van der Waals surface area contributed by atoms with Crippen LogP contribution in [0.15, 0.2) is 60.7 Å². The van der Waals surface area contributed by atoms with Gasteiger partial charge < -0.3 is 19.7 Å². The fraction of sp³-hybridized carbons (Fsp3) is 0.318. The highest BCUT2D eigenvalue weighted by atomic mass is 16.7. The Morgan fingerprint density at radius 1 is 1.07 bits per heavy atom. The second kappa shape index (κ2) is 7.45. The molecular weight excluding hydrogens is 340 g/mol. The minimum atomic E-state index is -0.0477. The minimum Gasteiger partial charge on any atom is -0.454 e. The molecule has 27 heavy (non-hydrogen) atoms. The zero-order valence-electron chi connectivity index (χ0n) is 15.6. The Morgan fingerprint density at radius 3 is 2.63 bits per heavy atom. The van der Waals surface area contributed by atoms with Crippen LogP contribution < -0.4 is 14.8 Å². The van der Waals surface area contributed by atoms with E-state index in [1.54, 1.807) is 0 Å². The molecule has 3 atom stereocenters. The number of fused-ring (bicyclic) bond motifs is 1. The lowest BCUT2D eigenvalue weighted by Crippen LogP contribution is -2.53. The number of likely N-dealkylation sites (N-methyl/N-ethyl adjacent to an activating group) is 1. The van der Waals surface area contributed by atoms with Gasteiger partial charge in [0.15, 0.2) is 11.5 Å². The lowest BCUT2D eigenvalue weighted by atomic mass is 9.80. The first kappa shape index (κ1) is 17.6. The number of carbonyl (C=O) groups is 1. The Bertz CT molecular complexity index is 848. The zero-order valence-corrected chi connectivity index (χ0v) is 15.6. The van der Waals surface area contributed by atoms with Gasteiger partial charge in [-0.15, -0.1) is 0 Å². The van der Waals surface area contributed by atoms with Crippen LogP contribution in [0.4, 0.5) is 0 Å². The number of ether oxygens (including phenoxy) is 2. The molecule has 140 valence electrons. The quantitative estimate of drug-likeness (QED) is 0.847. The van der Waals surface area contributed by atoms with E-state index in [0.717, 1.165) is 23.5 Å². The van der Waals surface area contributed by atoms with Gasteiger partial charge >= 0.3 is 0 Å². The molecule has 4 rings (SSSR count). The summed E-state index contributed by atoms with van der Waals surface area (Å²) in [5.41, 5.74) is 1.82. The van der Waals surface area contributed by atoms with Crippen molar-refractivity contribution in [2.24, 2.45) is 0 Å². The first-order valence-electron chi connectivity index (χ1n) is 9.22. The highest BCUT2D eigenvalue weighted by molar-refractivity contribution is 5.94. The molecule has 1 N–H and O–H groups in total. The number of allylic oxidation sites excluding steroid dienone is 1. The van der Waals surface area contributed by atoms with Crippen molar-refractivity contribution in [3.8, 4) is 11.5 Å². The van der Waals surface area contributed by atoms with E-state index in [0.29, 0.717) is 5.56 Å². The standard InChI is InChI=1S/C22H24N2O3/c1-24(2)18-10-6-9-17(16-11-12-19-20(13-16)27-14-26-19)21(18)23-22(25)15-7-4-3-5-8-15/h3-8,10-13,17-18,21H,9,14H2,1-2H3,(H,23,25)/t17-,18-,21?/m0/s1. The SMILES string of the molecule is CN(C)[C@H]1C=CC[C@@H](c2ccc3c(c2)OCO3)C1NC(=O)c1ccccc1. The van der Waals surface area contributed by atoms with Gasteiger partial charge in [0.05, 0.1) is 6.04 Å². The number of nitrogens with one attached hydrogen (secondary N) is 1. The monoisotopic (exact) mass is 364 g/mol. The molecule has 2 aromatic rings. The maximum atomic E-state index is 12.8. The fourth-order valence-electron chi connectivity index (χ4n) is 3.86. The highest BCUT2D eigenvalue weighted by Crippen LogP contribution is 2.38. The van der Waals surface area contributed by atoms with Crippen LogP contribution in [-0.2, 0) is 0 Å². The molecule has 0 saturated carbocycles. The lowest BCUT2D eigenvalue weighted by molar-refractivity contribution is 0.0905. The molecule has 2 aromatic carbocycles. The smallest absolute Gasteiger partial charge is 0.251 e. The van der Waals surface area contributed by atoms with Crippen LogP contribution in [0.25, 0.3) is 0 Å². The second-order valence-electron chi connectivity index (χ2n) is 7.20. The van der Waals surface area contributed by atoms with E-state index in [1.165, 1.54) is 0 Å². The topological polar surface area (TPSA) is 50.8 Å². The molecule has 2 aliphatic rings. The van der Waals surface area contributed by atoms with Gasteiger partial charge in [0.2, 0.25) is 6.79 Å². The molecule has 0 fully saturated rings. The summed E-state index contributed by atoms with van der Waals surface area (Å²) in [6.07, 6.45) is 5.24. The molecule has 1 unspecified atom stereocenters. The fourth-order valence-corrected chi connectivity index (χ4v) is 3.86. The predicted octanol–water partition coefficient (Wildman–Crippen LogP) is 3.19. The van der Waals surface area contributed by atoms with Gasteiger partial charge in [-0.2, -0.15) is 0 Å². The minimum absolute atomic E-state index is 0.0434.